The first-order chi connectivity index (χ1) is 15.2. The van der Waals surface area contributed by atoms with Gasteiger partial charge in [0, 0.05) is 47.1 Å². The maximum Gasteiger partial charge on any atom is 0.407 e. The van der Waals surface area contributed by atoms with Gasteiger partial charge in [-0.1, -0.05) is 36.4 Å². The molecule has 0 radical (unpaired) electrons. The molecule has 0 saturated carbocycles. The van der Waals surface area contributed by atoms with Crippen molar-refractivity contribution in [1.82, 2.24) is 4.98 Å². The molecule has 0 bridgehead atoms. The zero-order valence-corrected chi connectivity index (χ0v) is 17.8. The Morgan fingerprint density at radius 3 is 1.71 bits per heavy atom. The molecular formula is C27H22BN3+2. The van der Waals surface area contributed by atoms with Gasteiger partial charge in [0.25, 0.3) is 0 Å². The Morgan fingerprint density at radius 1 is 0.710 bits per heavy atom. The topological polar surface area (TPSA) is 20.6 Å². The van der Waals surface area contributed by atoms with Gasteiger partial charge in [0.1, 0.15) is 14.1 Å². The highest BCUT2D eigenvalue weighted by atomic mass is 14.9. The van der Waals surface area contributed by atoms with Gasteiger partial charge in [0.2, 0.25) is 0 Å². The van der Waals surface area contributed by atoms with Crippen molar-refractivity contribution in [3.8, 4) is 0 Å². The minimum atomic E-state index is 0.227. The summed E-state index contributed by atoms with van der Waals surface area (Å²) in [5.41, 5.74) is 9.97. The molecule has 2 aromatic carbocycles. The fourth-order valence-electron chi connectivity index (χ4n) is 6.15. The van der Waals surface area contributed by atoms with Gasteiger partial charge in [0.05, 0.1) is 0 Å². The molecule has 31 heavy (non-hydrogen) atoms. The summed E-state index contributed by atoms with van der Waals surface area (Å²) in [5, 5.41) is 5.33. The molecule has 0 atom stereocenters. The minimum Gasteiger partial charge on any atom is -0.264 e. The van der Waals surface area contributed by atoms with Crippen LogP contribution in [0.1, 0.15) is 22.3 Å². The van der Waals surface area contributed by atoms with E-state index in [1.807, 2.05) is 0 Å². The maximum atomic E-state index is 4.67. The molecule has 0 fully saturated rings. The zero-order chi connectivity index (χ0) is 20.7. The van der Waals surface area contributed by atoms with Crippen LogP contribution in [0.2, 0.25) is 0 Å². The summed E-state index contributed by atoms with van der Waals surface area (Å²) in [7, 11) is 4.43. The average Bonchev–Trinajstić information content (AvgIpc) is 2.79. The van der Waals surface area contributed by atoms with E-state index in [0.29, 0.717) is 0 Å². The van der Waals surface area contributed by atoms with Gasteiger partial charge >= 0.3 is 6.71 Å². The van der Waals surface area contributed by atoms with E-state index in [9.17, 15) is 0 Å². The summed E-state index contributed by atoms with van der Waals surface area (Å²) in [6.07, 6.45) is 10.7. The highest BCUT2D eigenvalue weighted by molar-refractivity contribution is 6.95. The van der Waals surface area contributed by atoms with Crippen LogP contribution in [0.25, 0.3) is 21.5 Å². The van der Waals surface area contributed by atoms with Gasteiger partial charge in [-0.2, -0.15) is 0 Å². The number of fused-ring (bicyclic) bond motifs is 8. The van der Waals surface area contributed by atoms with E-state index in [2.05, 4.69) is 102 Å². The highest BCUT2D eigenvalue weighted by Gasteiger charge is 2.49. The van der Waals surface area contributed by atoms with Crippen LogP contribution in [-0.4, -0.2) is 11.7 Å². The van der Waals surface area contributed by atoms with Crippen molar-refractivity contribution in [3.63, 3.8) is 0 Å². The number of pyridine rings is 3. The van der Waals surface area contributed by atoms with Gasteiger partial charge in [-0.15, -0.1) is 0 Å². The van der Waals surface area contributed by atoms with E-state index < -0.39 is 0 Å². The van der Waals surface area contributed by atoms with E-state index in [-0.39, 0.29) is 6.71 Å². The van der Waals surface area contributed by atoms with E-state index >= 15 is 0 Å². The molecule has 2 aliphatic heterocycles. The molecule has 0 amide bonds. The largest absolute Gasteiger partial charge is 0.407 e. The summed E-state index contributed by atoms with van der Waals surface area (Å²) < 4.78 is 4.75. The zero-order valence-electron chi connectivity index (χ0n) is 17.8. The summed E-state index contributed by atoms with van der Waals surface area (Å²) >= 11 is 0. The SMILES string of the molecule is C[n+]1cc2ccccc2c2c1B1c3c(cncc3Cc3c1[n+](C)cc1ccccc31)C2. The normalized spacial score (nSPS) is 13.8. The standard InChI is InChI=1S/C27H22BN3/c1-30-15-17-7-3-5-9-21(17)23-11-19-13-29-14-20-12-24-22-10-6-4-8-18(22)16-31(2)27(24)28(25(19)20)26(23)30/h3-10,13-16H,11-12H2,1-2H3/q+2. The second-order valence-corrected chi connectivity index (χ2v) is 9.04. The number of benzene rings is 2. The van der Waals surface area contributed by atoms with Crippen LogP contribution in [0.3, 0.4) is 0 Å². The third-order valence-corrected chi connectivity index (χ3v) is 7.34. The molecule has 3 aromatic heterocycles. The molecule has 4 heteroatoms. The Morgan fingerprint density at radius 2 is 1.19 bits per heavy atom. The quantitative estimate of drug-likeness (QED) is 0.279. The maximum absolute atomic E-state index is 4.67. The average molecular weight is 399 g/mol. The van der Waals surface area contributed by atoms with Crippen molar-refractivity contribution in [3.05, 3.63) is 95.6 Å². The molecule has 0 unspecified atom stereocenters. The van der Waals surface area contributed by atoms with E-state index in [4.69, 9.17) is 0 Å². The van der Waals surface area contributed by atoms with Crippen LogP contribution in [0.15, 0.2) is 73.3 Å². The van der Waals surface area contributed by atoms with Crippen molar-refractivity contribution in [2.45, 2.75) is 12.8 Å². The monoisotopic (exact) mass is 399 g/mol. The first-order valence-corrected chi connectivity index (χ1v) is 11.0. The lowest BCUT2D eigenvalue weighted by molar-refractivity contribution is -0.657. The Kier molecular flexibility index (Phi) is 3.33. The molecule has 0 spiro atoms. The molecule has 7 rings (SSSR count). The smallest absolute Gasteiger partial charge is 0.264 e. The second kappa shape index (κ2) is 6.01. The number of hydrogen-bond acceptors (Lipinski definition) is 1. The van der Waals surface area contributed by atoms with Crippen LogP contribution in [0.4, 0.5) is 0 Å². The Labute approximate surface area is 181 Å². The molecule has 5 heterocycles. The molecule has 5 aromatic rings. The van der Waals surface area contributed by atoms with E-state index in [1.165, 1.54) is 60.4 Å². The van der Waals surface area contributed by atoms with Crippen LogP contribution in [0.5, 0.6) is 0 Å². The van der Waals surface area contributed by atoms with Crippen LogP contribution in [0, 0.1) is 0 Å². The van der Waals surface area contributed by atoms with Crippen molar-refractivity contribution in [2.24, 2.45) is 14.1 Å². The van der Waals surface area contributed by atoms with Crippen molar-refractivity contribution >= 4 is 44.9 Å². The predicted molar refractivity (Wildman–Crippen MR) is 125 cm³/mol. The fourth-order valence-corrected chi connectivity index (χ4v) is 6.15. The van der Waals surface area contributed by atoms with Gasteiger partial charge in [-0.3, -0.25) is 4.98 Å². The predicted octanol–water partition coefficient (Wildman–Crippen LogP) is 1.36. The fraction of sp³-hybridized carbons (Fsp3) is 0.148. The van der Waals surface area contributed by atoms with Gasteiger partial charge in [0.15, 0.2) is 23.6 Å². The highest BCUT2D eigenvalue weighted by Crippen LogP contribution is 2.27. The van der Waals surface area contributed by atoms with Gasteiger partial charge in [-0.25, -0.2) is 9.13 Å². The Balaban J connectivity index is 1.65. The molecule has 0 N–H and O–H groups in total. The molecule has 0 saturated heterocycles. The number of rotatable bonds is 0. The molecule has 3 nitrogen and oxygen atoms in total. The van der Waals surface area contributed by atoms with E-state index in [0.717, 1.165) is 12.8 Å². The summed E-state index contributed by atoms with van der Waals surface area (Å²) in [6, 6.07) is 17.6. The number of hydrogen-bond donors (Lipinski definition) is 0. The molecular weight excluding hydrogens is 377 g/mol. The van der Waals surface area contributed by atoms with Crippen molar-refractivity contribution in [2.75, 3.05) is 0 Å². The Bertz CT molecular complexity index is 1460. The molecule has 0 aliphatic carbocycles. The van der Waals surface area contributed by atoms with E-state index in [1.54, 1.807) is 0 Å². The summed E-state index contributed by atoms with van der Waals surface area (Å²) in [5.74, 6) is 0. The minimum absolute atomic E-state index is 0.227. The third-order valence-electron chi connectivity index (χ3n) is 7.34. The lowest BCUT2D eigenvalue weighted by Crippen LogP contribution is -2.75. The summed E-state index contributed by atoms with van der Waals surface area (Å²) in [4.78, 5) is 4.67. The first kappa shape index (κ1) is 17.2. The van der Waals surface area contributed by atoms with Crippen molar-refractivity contribution in [1.29, 1.82) is 0 Å². The van der Waals surface area contributed by atoms with Crippen LogP contribution >= 0.6 is 0 Å². The first-order valence-electron chi connectivity index (χ1n) is 11.0. The summed E-state index contributed by atoms with van der Waals surface area (Å²) in [6.45, 7) is 0.227. The molecule has 146 valence electrons. The third kappa shape index (κ3) is 2.22. The molecule has 2 aliphatic rings. The Hall–Kier alpha value is -3.53. The number of aromatic nitrogens is 3. The van der Waals surface area contributed by atoms with Crippen molar-refractivity contribution < 1.29 is 9.13 Å². The van der Waals surface area contributed by atoms with Crippen LogP contribution < -0.4 is 25.8 Å². The number of nitrogens with zero attached hydrogens (tertiary/aromatic N) is 3. The van der Waals surface area contributed by atoms with Crippen LogP contribution in [-0.2, 0) is 26.9 Å². The van der Waals surface area contributed by atoms with Gasteiger partial charge in [-0.05, 0) is 39.5 Å². The number of aryl methyl sites for hydroxylation is 2. The van der Waals surface area contributed by atoms with Gasteiger partial charge < -0.3 is 0 Å². The lowest BCUT2D eigenvalue weighted by Gasteiger charge is -2.30. The second-order valence-electron chi connectivity index (χ2n) is 9.04. The lowest BCUT2D eigenvalue weighted by atomic mass is 9.33.